The van der Waals surface area contributed by atoms with E-state index in [1.807, 2.05) is 0 Å². The second-order valence-electron chi connectivity index (χ2n) is 15.1. The third-order valence-electron chi connectivity index (χ3n) is 11.7. The maximum atomic E-state index is 12.4. The predicted octanol–water partition coefficient (Wildman–Crippen LogP) is 4.39. The highest BCUT2D eigenvalue weighted by atomic mass is 16.4. The Labute approximate surface area is 373 Å². The first-order valence-corrected chi connectivity index (χ1v) is 18.5. The number of benzene rings is 8. The molecule has 9 aromatic rings. The highest BCUT2D eigenvalue weighted by molar-refractivity contribution is 6.34. The quantitative estimate of drug-likeness (QED) is 0.0663. The van der Waals surface area contributed by atoms with E-state index in [1.165, 1.54) is 0 Å². The SMILES string of the molecule is Oc1c(O)c(O)c(-c2c(O)c(-c3c4c(O)c(O)c(O)c(O)c4c(-c4c(O)c(O)c5oc6c(O)c(O)c(O)c(O)c6c5c4O)c4c(O)c(O)c(O)c(O)c34)c3c(O)c(O)c(O)c(O)c3c2O)c(O)c1O. The molecule has 0 spiro atoms. The molecule has 69 heavy (non-hydrogen) atoms. The van der Waals surface area contributed by atoms with Gasteiger partial charge in [-0.05, 0) is 0 Å². The van der Waals surface area contributed by atoms with Crippen LogP contribution in [0.25, 0.3) is 87.6 Å². The van der Waals surface area contributed by atoms with Crippen molar-refractivity contribution in [2.75, 3.05) is 0 Å². The first-order chi connectivity index (χ1) is 32.2. The largest absolute Gasteiger partial charge is 0.506 e. The molecule has 0 aliphatic rings. The Bertz CT molecular complexity index is 3850. The van der Waals surface area contributed by atoms with Gasteiger partial charge in [0, 0.05) is 43.6 Å². The van der Waals surface area contributed by atoms with Gasteiger partial charge >= 0.3 is 0 Å². The van der Waals surface area contributed by atoms with Gasteiger partial charge in [0.05, 0.1) is 32.8 Å². The Kier molecular flexibility index (Phi) is 8.40. The van der Waals surface area contributed by atoms with Crippen molar-refractivity contribution in [1.82, 2.24) is 0 Å². The lowest BCUT2D eigenvalue weighted by molar-refractivity contribution is 0.329. The minimum absolute atomic E-state index is 0.999. The van der Waals surface area contributed by atoms with Crippen molar-refractivity contribution in [2.24, 2.45) is 0 Å². The van der Waals surface area contributed by atoms with E-state index in [0.29, 0.717) is 0 Å². The van der Waals surface area contributed by atoms with E-state index < -0.39 is 237 Å². The lowest BCUT2D eigenvalue weighted by Gasteiger charge is -2.26. The summed E-state index contributed by atoms with van der Waals surface area (Å²) in [4.78, 5) is 0. The molecular weight excluding hydrogens is 936 g/mol. The molecular formula is C42H26O27. The van der Waals surface area contributed by atoms with Crippen molar-refractivity contribution in [2.45, 2.75) is 0 Å². The Morgan fingerprint density at radius 1 is 0.130 bits per heavy atom. The van der Waals surface area contributed by atoms with Gasteiger partial charge in [0.25, 0.3) is 0 Å². The van der Waals surface area contributed by atoms with Gasteiger partial charge < -0.3 is 137 Å². The summed E-state index contributed by atoms with van der Waals surface area (Å²) in [5.74, 6) is -44.0. The van der Waals surface area contributed by atoms with Crippen LogP contribution >= 0.6 is 0 Å². The molecule has 0 saturated heterocycles. The van der Waals surface area contributed by atoms with Crippen LogP contribution in [0.2, 0.25) is 0 Å². The molecule has 0 bridgehead atoms. The summed E-state index contributed by atoms with van der Waals surface area (Å²) in [6, 6.07) is 0. The molecule has 27 heteroatoms. The smallest absolute Gasteiger partial charge is 0.208 e. The molecule has 0 fully saturated rings. The first kappa shape index (κ1) is 43.4. The Morgan fingerprint density at radius 2 is 0.333 bits per heavy atom. The zero-order chi connectivity index (χ0) is 51.0. The number of phenolic OH excluding ortho intramolecular Hbond substituents is 26. The van der Waals surface area contributed by atoms with Crippen LogP contribution in [0.1, 0.15) is 0 Å². The minimum atomic E-state index is -1.86. The van der Waals surface area contributed by atoms with Crippen molar-refractivity contribution < 1.29 is 137 Å². The molecule has 0 unspecified atom stereocenters. The second kappa shape index (κ2) is 13.4. The molecule has 0 aliphatic heterocycles. The van der Waals surface area contributed by atoms with Crippen LogP contribution < -0.4 is 0 Å². The molecule has 26 N–H and O–H groups in total. The van der Waals surface area contributed by atoms with E-state index in [-0.39, 0.29) is 0 Å². The fourth-order valence-electron chi connectivity index (χ4n) is 8.54. The van der Waals surface area contributed by atoms with Crippen LogP contribution in [-0.4, -0.2) is 133 Å². The van der Waals surface area contributed by atoms with E-state index in [0.717, 1.165) is 0 Å². The normalized spacial score (nSPS) is 11.8. The summed E-state index contributed by atoms with van der Waals surface area (Å²) in [6.07, 6.45) is 0. The molecule has 0 amide bonds. The number of hydrogen-bond donors (Lipinski definition) is 26. The number of furan rings is 1. The molecule has 27 nitrogen and oxygen atoms in total. The summed E-state index contributed by atoms with van der Waals surface area (Å²) in [6.45, 7) is 0. The standard InChI is InChI=1S/C42H26O27/c43-15-3(8-10(23(51)33(61)32(60)22(8)50)16(44)11(15)12-24(52)34(62)37(65)35(63)25(12)53)1-4-6(20(48)30(58)28(56)18(4)46)2(7-5(1)19(47)29(57)31(59)21(7)49)9-17(45)13-14-27(55)36(64)38(66)40(68)42(14)69-41(13)39(67)26(9)54/h43-68H. The van der Waals surface area contributed by atoms with Crippen LogP contribution in [-0.2, 0) is 0 Å². The van der Waals surface area contributed by atoms with Crippen LogP contribution in [0.4, 0.5) is 0 Å². The average Bonchev–Trinajstić information content (AvgIpc) is 3.73. The van der Waals surface area contributed by atoms with Gasteiger partial charge in [-0.3, -0.25) is 0 Å². The van der Waals surface area contributed by atoms with E-state index in [2.05, 4.69) is 0 Å². The van der Waals surface area contributed by atoms with E-state index in [1.54, 1.807) is 0 Å². The molecule has 1 aromatic heterocycles. The van der Waals surface area contributed by atoms with Crippen molar-refractivity contribution >= 4 is 54.3 Å². The zero-order valence-electron chi connectivity index (χ0n) is 33.0. The molecule has 0 aliphatic carbocycles. The Hall–Kier alpha value is -10.9. The first-order valence-electron chi connectivity index (χ1n) is 18.5. The zero-order valence-corrected chi connectivity index (χ0v) is 33.0. The highest BCUT2D eigenvalue weighted by Crippen LogP contribution is 2.70. The third kappa shape index (κ3) is 4.86. The number of fused-ring (bicyclic) bond motifs is 6. The molecule has 0 saturated carbocycles. The van der Waals surface area contributed by atoms with Gasteiger partial charge in [-0.25, -0.2) is 0 Å². The van der Waals surface area contributed by atoms with E-state index in [9.17, 15) is 133 Å². The Balaban J connectivity index is 1.68. The number of aromatic hydroxyl groups is 26. The molecule has 356 valence electrons. The summed E-state index contributed by atoms with van der Waals surface area (Å²) in [7, 11) is 0. The summed E-state index contributed by atoms with van der Waals surface area (Å²) in [5, 5.41) is 279. The summed E-state index contributed by atoms with van der Waals surface area (Å²) in [5.41, 5.74) is -11.2. The van der Waals surface area contributed by atoms with Gasteiger partial charge in [0.1, 0.15) is 17.2 Å². The summed E-state index contributed by atoms with van der Waals surface area (Å²) >= 11 is 0. The average molecular weight is 963 g/mol. The molecule has 1 heterocycles. The van der Waals surface area contributed by atoms with Gasteiger partial charge in [0.15, 0.2) is 68.7 Å². The number of hydrogen-bond acceptors (Lipinski definition) is 27. The van der Waals surface area contributed by atoms with Crippen LogP contribution in [0.15, 0.2) is 4.42 Å². The van der Waals surface area contributed by atoms with Crippen molar-refractivity contribution in [1.29, 1.82) is 0 Å². The van der Waals surface area contributed by atoms with E-state index >= 15 is 0 Å². The van der Waals surface area contributed by atoms with E-state index in [4.69, 9.17) is 4.42 Å². The van der Waals surface area contributed by atoms with Crippen LogP contribution in [0.5, 0.6) is 149 Å². The molecule has 9 rings (SSSR count). The minimum Gasteiger partial charge on any atom is -0.506 e. The van der Waals surface area contributed by atoms with Gasteiger partial charge in [-0.15, -0.1) is 0 Å². The molecule has 8 aromatic carbocycles. The maximum absolute atomic E-state index is 12.4. The topological polar surface area (TPSA) is 539 Å². The fourth-order valence-corrected chi connectivity index (χ4v) is 8.54. The van der Waals surface area contributed by atoms with Crippen molar-refractivity contribution in [3.8, 4) is 183 Å². The lowest BCUT2D eigenvalue weighted by Crippen LogP contribution is -1.98. The van der Waals surface area contributed by atoms with Crippen molar-refractivity contribution in [3.63, 3.8) is 0 Å². The molecule has 0 radical (unpaired) electrons. The predicted molar refractivity (Wildman–Crippen MR) is 226 cm³/mol. The van der Waals surface area contributed by atoms with Crippen molar-refractivity contribution in [3.05, 3.63) is 0 Å². The maximum Gasteiger partial charge on any atom is 0.208 e. The fraction of sp³-hybridized carbons (Fsp3) is 0. The van der Waals surface area contributed by atoms with Gasteiger partial charge in [-0.2, -0.15) is 0 Å². The van der Waals surface area contributed by atoms with Crippen LogP contribution in [0, 0.1) is 0 Å². The second-order valence-corrected chi connectivity index (χ2v) is 15.1. The number of phenols is 26. The van der Waals surface area contributed by atoms with Gasteiger partial charge in [0.2, 0.25) is 74.7 Å². The third-order valence-corrected chi connectivity index (χ3v) is 11.7. The lowest BCUT2D eigenvalue weighted by atomic mass is 9.80. The number of rotatable bonds is 3. The Morgan fingerprint density at radius 3 is 0.725 bits per heavy atom. The van der Waals surface area contributed by atoms with Gasteiger partial charge in [-0.1, -0.05) is 0 Å². The highest BCUT2D eigenvalue weighted by Gasteiger charge is 2.41. The molecule has 0 atom stereocenters. The van der Waals surface area contributed by atoms with Crippen LogP contribution in [0.3, 0.4) is 0 Å². The monoisotopic (exact) mass is 962 g/mol. The summed E-state index contributed by atoms with van der Waals surface area (Å²) < 4.78 is 5.29.